The van der Waals surface area contributed by atoms with Crippen LogP contribution in [-0.2, 0) is 22.9 Å². The number of carboxylic acid groups (broad SMARTS) is 1. The zero-order chi connectivity index (χ0) is 33.7. The van der Waals surface area contributed by atoms with Gasteiger partial charge in [0, 0.05) is 36.1 Å². The molecule has 4 aromatic carbocycles. The van der Waals surface area contributed by atoms with E-state index in [2.05, 4.69) is 20.3 Å². The first kappa shape index (κ1) is 32.9. The van der Waals surface area contributed by atoms with Crippen molar-refractivity contribution in [1.82, 2.24) is 4.72 Å². The van der Waals surface area contributed by atoms with Crippen LogP contribution < -0.4 is 20.3 Å². The summed E-state index contributed by atoms with van der Waals surface area (Å²) < 4.78 is 28.1. The van der Waals surface area contributed by atoms with Crippen LogP contribution in [0.3, 0.4) is 0 Å². The van der Waals surface area contributed by atoms with Crippen LogP contribution in [0.2, 0.25) is 0 Å². The molecule has 248 valence electrons. The Balaban J connectivity index is 1.17. The van der Waals surface area contributed by atoms with Crippen molar-refractivity contribution in [1.29, 1.82) is 0 Å². The molecular weight excluding hydrogens is 628 g/mol. The van der Waals surface area contributed by atoms with E-state index in [0.29, 0.717) is 16.9 Å². The lowest BCUT2D eigenvalue weighted by atomic mass is 10.0. The van der Waals surface area contributed by atoms with Crippen LogP contribution in [0.25, 0.3) is 0 Å². The van der Waals surface area contributed by atoms with Crippen LogP contribution in [-0.4, -0.2) is 50.4 Å². The fraction of sp³-hybridized carbons (Fsp3) is 0.270. The molecule has 4 aromatic rings. The number of rotatable bonds is 12. The first-order chi connectivity index (χ1) is 23.1. The summed E-state index contributed by atoms with van der Waals surface area (Å²) in [5.41, 5.74) is 4.60. The molecule has 2 fully saturated rings. The number of carbonyl (C=O) groups is 3. The number of amides is 2. The molecule has 0 radical (unpaired) electrons. The predicted molar refractivity (Wildman–Crippen MR) is 185 cm³/mol. The maximum absolute atomic E-state index is 13.7. The Labute approximate surface area is 280 Å². The van der Waals surface area contributed by atoms with Crippen LogP contribution in [0.1, 0.15) is 74.3 Å². The Morgan fingerprint density at radius 2 is 1.40 bits per heavy atom. The minimum Gasteiger partial charge on any atom is -0.478 e. The van der Waals surface area contributed by atoms with E-state index in [4.69, 9.17) is 5.11 Å². The van der Waals surface area contributed by atoms with E-state index < -0.39 is 21.9 Å². The number of nitrogens with one attached hydrogen (secondary N) is 3. The molecule has 11 heteroatoms. The van der Waals surface area contributed by atoms with E-state index >= 15 is 0 Å². The molecule has 1 heterocycles. The van der Waals surface area contributed by atoms with E-state index in [-0.39, 0.29) is 28.0 Å². The van der Waals surface area contributed by atoms with E-state index in [1.807, 2.05) is 42.5 Å². The lowest BCUT2D eigenvalue weighted by molar-refractivity contribution is 0.0696. The van der Waals surface area contributed by atoms with E-state index in [1.54, 1.807) is 30.3 Å². The number of hydrogen-bond acceptors (Lipinski definition) is 6. The lowest BCUT2D eigenvalue weighted by Crippen LogP contribution is -2.29. The van der Waals surface area contributed by atoms with Crippen molar-refractivity contribution in [2.24, 2.45) is 0 Å². The van der Waals surface area contributed by atoms with Gasteiger partial charge in [-0.05, 0) is 117 Å². The molecular formula is C37H38N4O6S. The van der Waals surface area contributed by atoms with Gasteiger partial charge in [0.05, 0.1) is 21.7 Å². The molecule has 0 bridgehead atoms. The fourth-order valence-electron chi connectivity index (χ4n) is 5.72. The summed E-state index contributed by atoms with van der Waals surface area (Å²) in [7, 11) is -3.74. The Morgan fingerprint density at radius 1 is 0.729 bits per heavy atom. The minimum absolute atomic E-state index is 0.0139. The number of aromatic carboxylic acids is 1. The Hall–Kier alpha value is -5.00. The lowest BCUT2D eigenvalue weighted by Gasteiger charge is -2.29. The molecule has 1 aliphatic carbocycles. The van der Waals surface area contributed by atoms with Gasteiger partial charge in [0.25, 0.3) is 11.8 Å². The van der Waals surface area contributed by atoms with Crippen molar-refractivity contribution in [3.63, 3.8) is 0 Å². The summed E-state index contributed by atoms with van der Waals surface area (Å²) in [5.74, 6) is -1.87. The molecule has 4 N–H and O–H groups in total. The van der Waals surface area contributed by atoms with Gasteiger partial charge in [0.1, 0.15) is 0 Å². The second kappa shape index (κ2) is 14.4. The molecule has 1 aliphatic heterocycles. The molecule has 0 spiro atoms. The number of aryl methyl sites for hydroxylation is 2. The third kappa shape index (κ3) is 8.28. The number of sulfonamides is 1. The van der Waals surface area contributed by atoms with Crippen molar-refractivity contribution in [2.75, 3.05) is 28.6 Å². The first-order valence-corrected chi connectivity index (χ1v) is 17.7. The maximum Gasteiger partial charge on any atom is 0.335 e. The highest BCUT2D eigenvalue weighted by Gasteiger charge is 2.28. The van der Waals surface area contributed by atoms with E-state index in [1.165, 1.54) is 18.2 Å². The largest absolute Gasteiger partial charge is 0.478 e. The fourth-order valence-corrected chi connectivity index (χ4v) is 7.07. The number of anilines is 3. The van der Waals surface area contributed by atoms with Gasteiger partial charge in [-0.1, -0.05) is 30.3 Å². The van der Waals surface area contributed by atoms with Gasteiger partial charge in [-0.25, -0.2) is 17.9 Å². The smallest absolute Gasteiger partial charge is 0.335 e. The molecule has 48 heavy (non-hydrogen) atoms. The summed E-state index contributed by atoms with van der Waals surface area (Å²) in [6.07, 6.45) is 6.37. The minimum atomic E-state index is -3.74. The zero-order valence-electron chi connectivity index (χ0n) is 26.4. The van der Waals surface area contributed by atoms with Crippen molar-refractivity contribution >= 4 is 44.9 Å². The van der Waals surface area contributed by atoms with Gasteiger partial charge in [0.2, 0.25) is 10.0 Å². The quantitative estimate of drug-likeness (QED) is 0.143. The van der Waals surface area contributed by atoms with Gasteiger partial charge in [0.15, 0.2) is 0 Å². The molecule has 0 atom stereocenters. The Kier molecular flexibility index (Phi) is 9.88. The summed E-state index contributed by atoms with van der Waals surface area (Å²) in [6, 6.07) is 25.6. The number of piperidine rings is 1. The second-order valence-electron chi connectivity index (χ2n) is 12.3. The van der Waals surface area contributed by atoms with Crippen LogP contribution in [0.4, 0.5) is 17.1 Å². The first-order valence-electron chi connectivity index (χ1n) is 16.2. The van der Waals surface area contributed by atoms with E-state index in [9.17, 15) is 22.8 Å². The average Bonchev–Trinajstić information content (AvgIpc) is 3.92. The molecule has 0 unspecified atom stereocenters. The molecule has 10 nitrogen and oxygen atoms in total. The third-order valence-corrected chi connectivity index (χ3v) is 10.2. The summed E-state index contributed by atoms with van der Waals surface area (Å²) in [6.45, 7) is 1.77. The molecule has 0 aromatic heterocycles. The highest BCUT2D eigenvalue weighted by Crippen LogP contribution is 2.28. The maximum atomic E-state index is 13.7. The summed E-state index contributed by atoms with van der Waals surface area (Å²) in [4.78, 5) is 40.5. The topological polar surface area (TPSA) is 145 Å². The summed E-state index contributed by atoms with van der Waals surface area (Å²) in [5, 5.41) is 14.9. The van der Waals surface area contributed by atoms with Gasteiger partial charge in [-0.3, -0.25) is 9.59 Å². The van der Waals surface area contributed by atoms with Crippen molar-refractivity contribution < 1.29 is 27.9 Å². The predicted octanol–water partition coefficient (Wildman–Crippen LogP) is 6.11. The normalized spacial score (nSPS) is 14.7. The van der Waals surface area contributed by atoms with Crippen molar-refractivity contribution in [3.05, 3.63) is 119 Å². The zero-order valence-corrected chi connectivity index (χ0v) is 27.3. The SMILES string of the molecule is O=C(O)c1ccc(CCc2ccc(NC(=O)c3cc(N4CCCCC4)ccc3NC(=O)c3cccc(S(=O)(=O)NC4CC4)c3)cc2)cc1. The molecule has 1 saturated carbocycles. The van der Waals surface area contributed by atoms with Gasteiger partial charge < -0.3 is 20.6 Å². The number of carbonyl (C=O) groups excluding carboxylic acids is 2. The van der Waals surface area contributed by atoms with E-state index in [0.717, 1.165) is 74.8 Å². The van der Waals surface area contributed by atoms with Crippen molar-refractivity contribution in [2.45, 2.75) is 55.9 Å². The standard InChI is InChI=1S/C37H38N4O6S/c42-35(28-5-4-6-32(23-28)48(46,47)40-30-17-18-30)39-34-20-19-31(41-21-2-1-3-22-41)24-33(34)36(43)38-29-15-11-26(12-16-29)8-7-25-9-13-27(14-10-25)37(44)45/h4-6,9-16,19-20,23-24,30,40H,1-3,7-8,17-18,21-22H2,(H,38,43)(H,39,42)(H,44,45). The molecule has 1 saturated heterocycles. The number of carboxylic acids is 1. The van der Waals surface area contributed by atoms with Crippen LogP contribution >= 0.6 is 0 Å². The number of hydrogen-bond donors (Lipinski definition) is 4. The summed E-state index contributed by atoms with van der Waals surface area (Å²) >= 11 is 0. The highest BCUT2D eigenvalue weighted by atomic mass is 32.2. The van der Waals surface area contributed by atoms with Gasteiger partial charge in [-0.2, -0.15) is 0 Å². The second-order valence-corrected chi connectivity index (χ2v) is 14.0. The highest BCUT2D eigenvalue weighted by molar-refractivity contribution is 7.89. The number of benzene rings is 4. The van der Waals surface area contributed by atoms with Gasteiger partial charge in [-0.15, -0.1) is 0 Å². The molecule has 2 amide bonds. The van der Waals surface area contributed by atoms with Gasteiger partial charge >= 0.3 is 5.97 Å². The Morgan fingerprint density at radius 3 is 2.04 bits per heavy atom. The third-order valence-electron chi connectivity index (χ3n) is 8.64. The van der Waals surface area contributed by atoms with Crippen LogP contribution in [0.5, 0.6) is 0 Å². The molecule has 6 rings (SSSR count). The van der Waals surface area contributed by atoms with Crippen LogP contribution in [0, 0.1) is 0 Å². The average molecular weight is 667 g/mol. The number of nitrogens with zero attached hydrogens (tertiary/aromatic N) is 1. The van der Waals surface area contributed by atoms with Crippen LogP contribution in [0.15, 0.2) is 95.9 Å². The monoisotopic (exact) mass is 666 g/mol. The Bertz CT molecular complexity index is 1920. The molecule has 2 aliphatic rings. The van der Waals surface area contributed by atoms with Crippen molar-refractivity contribution in [3.8, 4) is 0 Å².